The van der Waals surface area contributed by atoms with Gasteiger partial charge in [0, 0.05) is 6.54 Å². The zero-order valence-corrected chi connectivity index (χ0v) is 16.5. The number of amides is 2. The highest BCUT2D eigenvalue weighted by atomic mass is 19.1. The Balaban J connectivity index is 2.37. The lowest BCUT2D eigenvalue weighted by atomic mass is 9.92. The monoisotopic (exact) mass is 439 g/mol. The van der Waals surface area contributed by atoms with Crippen LogP contribution in [0.4, 0.5) is 4.39 Å². The minimum Gasteiger partial charge on any atom is -0.480 e. The van der Waals surface area contributed by atoms with Crippen molar-refractivity contribution in [1.82, 2.24) is 10.6 Å². The number of carbonyl (C=O) groups is 3. The second-order valence-corrected chi connectivity index (χ2v) is 7.16. The highest BCUT2D eigenvalue weighted by molar-refractivity contribution is 5.86. The van der Waals surface area contributed by atoms with E-state index in [2.05, 4.69) is 10.6 Å². The molecule has 0 aromatic rings. The summed E-state index contributed by atoms with van der Waals surface area (Å²) in [4.78, 5) is 34.3. The van der Waals surface area contributed by atoms with Crippen molar-refractivity contribution in [2.45, 2.75) is 75.0 Å². The van der Waals surface area contributed by atoms with E-state index >= 15 is 0 Å². The molecule has 8 atom stereocenters. The third-order valence-corrected chi connectivity index (χ3v) is 4.78. The number of carboxylic acids is 1. The predicted molar refractivity (Wildman–Crippen MR) is 98.7 cm³/mol. The van der Waals surface area contributed by atoms with Crippen LogP contribution in [0.3, 0.4) is 0 Å². The van der Waals surface area contributed by atoms with Crippen molar-refractivity contribution in [1.29, 1.82) is 0 Å². The van der Waals surface area contributed by atoms with Crippen LogP contribution in [0, 0.1) is 0 Å². The number of alkyl halides is 1. The smallest absolute Gasteiger partial charge is 0.325 e. The minimum absolute atomic E-state index is 0.0243. The molecule has 0 aromatic heterocycles. The SMILES string of the molecule is CC(NC(=O)C(N)CCCCNC(=O)C(F)[C@@H]1O[C@H](CO)[C@@H](O)[C@H](O)[C@H]1O)C(=O)O. The first-order chi connectivity index (χ1) is 14.0. The number of unbranched alkanes of at least 4 members (excludes halogenated alkanes) is 1. The summed E-state index contributed by atoms with van der Waals surface area (Å²) in [5.74, 6) is -2.93. The molecule has 1 heterocycles. The van der Waals surface area contributed by atoms with Gasteiger partial charge in [0.2, 0.25) is 12.1 Å². The molecule has 1 fully saturated rings. The van der Waals surface area contributed by atoms with Crippen molar-refractivity contribution in [2.24, 2.45) is 5.73 Å². The molecule has 1 aliphatic heterocycles. The fourth-order valence-electron chi connectivity index (χ4n) is 2.83. The van der Waals surface area contributed by atoms with Crippen LogP contribution in [-0.2, 0) is 19.1 Å². The van der Waals surface area contributed by atoms with Crippen molar-refractivity contribution in [2.75, 3.05) is 13.2 Å². The Kier molecular flexibility index (Phi) is 10.5. The maximum absolute atomic E-state index is 14.4. The highest BCUT2D eigenvalue weighted by Gasteiger charge is 2.48. The van der Waals surface area contributed by atoms with Gasteiger partial charge >= 0.3 is 5.97 Å². The van der Waals surface area contributed by atoms with Gasteiger partial charge in [-0.25, -0.2) is 4.39 Å². The van der Waals surface area contributed by atoms with Crippen LogP contribution >= 0.6 is 0 Å². The van der Waals surface area contributed by atoms with Gasteiger partial charge < -0.3 is 46.6 Å². The molecule has 174 valence electrons. The largest absolute Gasteiger partial charge is 0.480 e. The number of ether oxygens (including phenoxy) is 1. The van der Waals surface area contributed by atoms with Crippen molar-refractivity contribution in [3.8, 4) is 0 Å². The van der Waals surface area contributed by atoms with Gasteiger partial charge in [0.1, 0.15) is 36.6 Å². The molecule has 12 nitrogen and oxygen atoms in total. The van der Waals surface area contributed by atoms with Gasteiger partial charge in [-0.05, 0) is 26.2 Å². The van der Waals surface area contributed by atoms with Crippen molar-refractivity contribution < 1.29 is 49.0 Å². The van der Waals surface area contributed by atoms with Crippen LogP contribution in [-0.4, -0.2) is 105 Å². The number of carboxylic acid groups (broad SMARTS) is 1. The number of nitrogens with one attached hydrogen (secondary N) is 2. The Hall–Kier alpha value is -1.90. The zero-order chi connectivity index (χ0) is 23.0. The van der Waals surface area contributed by atoms with Crippen molar-refractivity contribution in [3.63, 3.8) is 0 Å². The third-order valence-electron chi connectivity index (χ3n) is 4.78. The molecule has 1 aliphatic rings. The Morgan fingerprint density at radius 3 is 2.30 bits per heavy atom. The maximum atomic E-state index is 14.4. The van der Waals surface area contributed by atoms with Gasteiger partial charge in [0.15, 0.2) is 0 Å². The Labute approximate surface area is 172 Å². The van der Waals surface area contributed by atoms with Crippen LogP contribution in [0.2, 0.25) is 0 Å². The standard InChI is InChI=1S/C17H30FN3O9/c1-7(17(28)29)21-15(26)8(19)4-2-3-5-20-16(27)10(18)14-13(25)12(24)11(23)9(6-22)30-14/h7-14,22-25H,2-6,19H2,1H3,(H,20,27)(H,21,26)(H,28,29)/t7?,8?,9-,10?,11-,12+,13-,14+/m1/s1. The molecular formula is C17H30FN3O9. The lowest BCUT2D eigenvalue weighted by Gasteiger charge is -2.40. The fraction of sp³-hybridized carbons (Fsp3) is 0.824. The summed E-state index contributed by atoms with van der Waals surface area (Å²) in [5.41, 5.74) is 5.66. The van der Waals surface area contributed by atoms with Crippen LogP contribution in [0.15, 0.2) is 0 Å². The second-order valence-electron chi connectivity index (χ2n) is 7.16. The van der Waals surface area contributed by atoms with Crippen LogP contribution < -0.4 is 16.4 Å². The molecule has 13 heteroatoms. The first-order valence-corrected chi connectivity index (χ1v) is 9.52. The molecule has 0 spiro atoms. The van der Waals surface area contributed by atoms with Crippen molar-refractivity contribution in [3.05, 3.63) is 0 Å². The maximum Gasteiger partial charge on any atom is 0.325 e. The molecule has 1 rings (SSSR count). The zero-order valence-electron chi connectivity index (χ0n) is 16.5. The molecule has 0 aliphatic carbocycles. The van der Waals surface area contributed by atoms with Gasteiger partial charge in [-0.3, -0.25) is 14.4 Å². The predicted octanol–water partition coefficient (Wildman–Crippen LogP) is -3.63. The number of hydrogen-bond acceptors (Lipinski definition) is 9. The highest BCUT2D eigenvalue weighted by Crippen LogP contribution is 2.24. The number of nitrogens with two attached hydrogens (primary N) is 1. The first kappa shape index (κ1) is 26.1. The van der Waals surface area contributed by atoms with Crippen LogP contribution in [0.5, 0.6) is 0 Å². The molecule has 30 heavy (non-hydrogen) atoms. The summed E-state index contributed by atoms with van der Waals surface area (Å²) in [6, 6.07) is -2.02. The van der Waals surface area contributed by atoms with Gasteiger partial charge in [-0.15, -0.1) is 0 Å². The number of rotatable bonds is 11. The number of aliphatic hydroxyl groups excluding tert-OH is 4. The topological polar surface area (TPSA) is 212 Å². The molecule has 0 radical (unpaired) electrons. The summed E-state index contributed by atoms with van der Waals surface area (Å²) in [6.07, 6.45) is -9.84. The number of hydrogen-bond donors (Lipinski definition) is 8. The molecular weight excluding hydrogens is 409 g/mol. The van der Waals surface area contributed by atoms with E-state index in [9.17, 15) is 34.1 Å². The van der Waals surface area contributed by atoms with E-state index in [0.29, 0.717) is 12.8 Å². The van der Waals surface area contributed by atoms with Gasteiger partial charge in [0.05, 0.1) is 12.6 Å². The van der Waals surface area contributed by atoms with E-state index in [4.69, 9.17) is 20.7 Å². The molecule has 1 saturated heterocycles. The van der Waals surface area contributed by atoms with E-state index in [1.54, 1.807) is 0 Å². The molecule has 9 N–H and O–H groups in total. The van der Waals surface area contributed by atoms with Crippen LogP contribution in [0.1, 0.15) is 26.2 Å². The summed E-state index contributed by atoms with van der Waals surface area (Å²) in [5, 5.41) is 51.5. The Morgan fingerprint density at radius 1 is 1.10 bits per heavy atom. The lowest BCUT2D eigenvalue weighted by Crippen LogP contribution is -2.62. The molecule has 0 aromatic carbocycles. The summed E-state index contributed by atoms with van der Waals surface area (Å²) >= 11 is 0. The average molecular weight is 439 g/mol. The average Bonchev–Trinajstić information content (AvgIpc) is 2.70. The quantitative estimate of drug-likeness (QED) is 0.148. The Morgan fingerprint density at radius 2 is 1.73 bits per heavy atom. The third kappa shape index (κ3) is 7.11. The Bertz CT molecular complexity index is 595. The molecule has 3 unspecified atom stereocenters. The second kappa shape index (κ2) is 12.1. The van der Waals surface area contributed by atoms with Crippen LogP contribution in [0.25, 0.3) is 0 Å². The van der Waals surface area contributed by atoms with Gasteiger partial charge in [0.25, 0.3) is 5.91 Å². The molecule has 0 bridgehead atoms. The number of aliphatic carboxylic acids is 1. The minimum atomic E-state index is -2.36. The fourth-order valence-corrected chi connectivity index (χ4v) is 2.83. The molecule has 0 saturated carbocycles. The van der Waals surface area contributed by atoms with Crippen molar-refractivity contribution >= 4 is 17.8 Å². The summed E-state index contributed by atoms with van der Waals surface area (Å²) in [7, 11) is 0. The molecule has 2 amide bonds. The van der Waals surface area contributed by atoms with E-state index in [1.807, 2.05) is 0 Å². The lowest BCUT2D eigenvalue weighted by molar-refractivity contribution is -0.240. The van der Waals surface area contributed by atoms with E-state index < -0.39 is 73.2 Å². The number of halogens is 1. The van der Waals surface area contributed by atoms with Gasteiger partial charge in [-0.1, -0.05) is 0 Å². The first-order valence-electron chi connectivity index (χ1n) is 9.52. The van der Waals surface area contributed by atoms with E-state index in [1.165, 1.54) is 6.92 Å². The summed E-state index contributed by atoms with van der Waals surface area (Å²) in [6.45, 7) is 0.580. The van der Waals surface area contributed by atoms with E-state index in [0.717, 1.165) is 0 Å². The number of aliphatic hydroxyl groups is 4. The normalized spacial score (nSPS) is 29.5. The van der Waals surface area contributed by atoms with Gasteiger partial charge in [-0.2, -0.15) is 0 Å². The number of carbonyl (C=O) groups excluding carboxylic acids is 2. The summed E-state index contributed by atoms with van der Waals surface area (Å²) < 4.78 is 19.4. The van der Waals surface area contributed by atoms with E-state index in [-0.39, 0.29) is 13.0 Å².